The smallest absolute Gasteiger partial charge is 0.263 e. The minimum Gasteiger partial charge on any atom is -0.337 e. The van der Waals surface area contributed by atoms with Crippen LogP contribution in [-0.2, 0) is 12.2 Å². The van der Waals surface area contributed by atoms with Crippen molar-refractivity contribution in [1.82, 2.24) is 24.7 Å². The normalized spacial score (nSPS) is 21.2. The molecule has 0 amide bonds. The van der Waals surface area contributed by atoms with E-state index in [4.69, 9.17) is 4.52 Å². The molecule has 29 heavy (non-hydrogen) atoms. The van der Waals surface area contributed by atoms with E-state index in [1.807, 2.05) is 0 Å². The molecule has 1 saturated carbocycles. The lowest BCUT2D eigenvalue weighted by molar-refractivity contribution is 0.0335. The van der Waals surface area contributed by atoms with E-state index in [1.54, 1.807) is 18.3 Å². The molecule has 1 fully saturated rings. The summed E-state index contributed by atoms with van der Waals surface area (Å²) in [5.41, 5.74) is -0.966. The van der Waals surface area contributed by atoms with Crippen molar-refractivity contribution in [2.24, 2.45) is 0 Å². The standard InChI is InChI=1S/C20H15F2N5O2/c21-14-5-3-13(4-6-14)20(22)8-12(9-20)17-25-16(29-26-17)10-27-11-24-18-15(19(27)28)2-1-7-23-18/h1-7,11-12H,8-10H2/t12-,20+. The van der Waals surface area contributed by atoms with E-state index in [-0.39, 0.29) is 36.8 Å². The van der Waals surface area contributed by atoms with Gasteiger partial charge < -0.3 is 4.52 Å². The van der Waals surface area contributed by atoms with Crippen molar-refractivity contribution in [3.05, 3.63) is 82.4 Å². The predicted molar refractivity (Wildman–Crippen MR) is 98.4 cm³/mol. The number of hydrogen-bond acceptors (Lipinski definition) is 6. The molecule has 1 aliphatic rings. The Morgan fingerprint density at radius 3 is 2.76 bits per heavy atom. The van der Waals surface area contributed by atoms with Crippen molar-refractivity contribution in [2.45, 2.75) is 31.0 Å². The van der Waals surface area contributed by atoms with Crippen LogP contribution in [0.25, 0.3) is 11.0 Å². The number of benzene rings is 1. The van der Waals surface area contributed by atoms with Gasteiger partial charge >= 0.3 is 0 Å². The van der Waals surface area contributed by atoms with Gasteiger partial charge in [0, 0.05) is 12.1 Å². The average molecular weight is 395 g/mol. The van der Waals surface area contributed by atoms with Gasteiger partial charge in [0.2, 0.25) is 5.89 Å². The molecule has 0 aliphatic heterocycles. The van der Waals surface area contributed by atoms with E-state index in [0.717, 1.165) is 0 Å². The molecule has 0 atom stereocenters. The monoisotopic (exact) mass is 395 g/mol. The Balaban J connectivity index is 1.32. The Kier molecular flexibility index (Phi) is 3.97. The van der Waals surface area contributed by atoms with E-state index in [2.05, 4.69) is 20.1 Å². The molecule has 0 spiro atoms. The molecular formula is C20H15F2N5O2. The summed E-state index contributed by atoms with van der Waals surface area (Å²) in [6.45, 7) is 0.0646. The van der Waals surface area contributed by atoms with Crippen LogP contribution in [0.1, 0.15) is 36.0 Å². The SMILES string of the molecule is O=c1c2cccnc2ncn1Cc1nc([C@H]2C[C@](F)(c3ccc(F)cc3)C2)no1. The zero-order valence-electron chi connectivity index (χ0n) is 15.1. The van der Waals surface area contributed by atoms with Gasteiger partial charge in [-0.05, 0) is 42.7 Å². The van der Waals surface area contributed by atoms with Gasteiger partial charge in [0.15, 0.2) is 11.5 Å². The Bertz CT molecular complexity index is 1250. The third kappa shape index (κ3) is 3.08. The fourth-order valence-electron chi connectivity index (χ4n) is 3.64. The molecule has 0 unspecified atom stereocenters. The van der Waals surface area contributed by atoms with Crippen LogP contribution < -0.4 is 5.56 Å². The summed E-state index contributed by atoms with van der Waals surface area (Å²) in [6.07, 6.45) is 3.34. The van der Waals surface area contributed by atoms with Crippen molar-refractivity contribution in [3.63, 3.8) is 0 Å². The van der Waals surface area contributed by atoms with E-state index in [0.29, 0.717) is 22.4 Å². The second-order valence-corrected chi connectivity index (χ2v) is 7.18. The third-order valence-corrected chi connectivity index (χ3v) is 5.25. The van der Waals surface area contributed by atoms with Crippen LogP contribution in [-0.4, -0.2) is 24.7 Å². The number of hydrogen-bond donors (Lipinski definition) is 0. The zero-order chi connectivity index (χ0) is 20.0. The van der Waals surface area contributed by atoms with Crippen molar-refractivity contribution >= 4 is 11.0 Å². The Labute approximate surface area is 163 Å². The molecule has 0 bridgehead atoms. The van der Waals surface area contributed by atoms with Gasteiger partial charge in [0.25, 0.3) is 5.56 Å². The number of pyridine rings is 1. The summed E-state index contributed by atoms with van der Waals surface area (Å²) in [5.74, 6) is 0.0487. The maximum absolute atomic E-state index is 15.0. The summed E-state index contributed by atoms with van der Waals surface area (Å²) in [6, 6.07) is 8.74. The predicted octanol–water partition coefficient (Wildman–Crippen LogP) is 3.10. The molecular weight excluding hydrogens is 380 g/mol. The molecule has 0 N–H and O–H groups in total. The molecule has 0 saturated heterocycles. The molecule has 4 aromatic rings. The number of alkyl halides is 1. The van der Waals surface area contributed by atoms with Crippen molar-refractivity contribution in [2.75, 3.05) is 0 Å². The molecule has 1 aromatic carbocycles. The van der Waals surface area contributed by atoms with E-state index in [9.17, 15) is 13.6 Å². The van der Waals surface area contributed by atoms with Gasteiger partial charge in [-0.2, -0.15) is 4.98 Å². The first-order valence-corrected chi connectivity index (χ1v) is 9.09. The number of halogens is 2. The first-order valence-electron chi connectivity index (χ1n) is 9.09. The van der Waals surface area contributed by atoms with Crippen LogP contribution in [0.5, 0.6) is 0 Å². The largest absolute Gasteiger partial charge is 0.337 e. The lowest BCUT2D eigenvalue weighted by Gasteiger charge is -2.40. The summed E-state index contributed by atoms with van der Waals surface area (Å²) in [4.78, 5) is 25.0. The second kappa shape index (κ2) is 6.54. The third-order valence-electron chi connectivity index (χ3n) is 5.25. The average Bonchev–Trinajstić information content (AvgIpc) is 3.16. The van der Waals surface area contributed by atoms with Gasteiger partial charge in [-0.15, -0.1) is 0 Å². The molecule has 3 aromatic heterocycles. The topological polar surface area (TPSA) is 86.7 Å². The van der Waals surface area contributed by atoms with Crippen molar-refractivity contribution in [3.8, 4) is 0 Å². The summed E-state index contributed by atoms with van der Waals surface area (Å²) in [7, 11) is 0. The fraction of sp³-hybridized carbons (Fsp3) is 0.250. The van der Waals surface area contributed by atoms with E-state index >= 15 is 0 Å². The fourth-order valence-corrected chi connectivity index (χ4v) is 3.64. The van der Waals surface area contributed by atoms with Crippen LogP contribution >= 0.6 is 0 Å². The Morgan fingerprint density at radius 1 is 1.17 bits per heavy atom. The van der Waals surface area contributed by atoms with Gasteiger partial charge in [-0.1, -0.05) is 17.3 Å². The molecule has 5 rings (SSSR count). The first-order chi connectivity index (χ1) is 14.0. The van der Waals surface area contributed by atoms with E-state index < -0.39 is 11.5 Å². The Morgan fingerprint density at radius 2 is 1.97 bits per heavy atom. The lowest BCUT2D eigenvalue weighted by atomic mass is 9.68. The summed E-state index contributed by atoms with van der Waals surface area (Å²) >= 11 is 0. The molecule has 9 heteroatoms. The van der Waals surface area contributed by atoms with Crippen LogP contribution in [0.2, 0.25) is 0 Å². The van der Waals surface area contributed by atoms with Gasteiger partial charge in [0.05, 0.1) is 5.39 Å². The number of rotatable bonds is 4. The molecule has 146 valence electrons. The number of aromatic nitrogens is 5. The molecule has 3 heterocycles. The minimum absolute atomic E-state index is 0.0646. The second-order valence-electron chi connectivity index (χ2n) is 7.18. The highest BCUT2D eigenvalue weighted by atomic mass is 19.1. The Hall–Kier alpha value is -3.49. The number of nitrogens with zero attached hydrogens (tertiary/aromatic N) is 5. The van der Waals surface area contributed by atoms with Gasteiger partial charge in [-0.25, -0.2) is 18.7 Å². The van der Waals surface area contributed by atoms with Crippen molar-refractivity contribution < 1.29 is 13.3 Å². The lowest BCUT2D eigenvalue weighted by Crippen LogP contribution is -2.36. The minimum atomic E-state index is -1.52. The zero-order valence-corrected chi connectivity index (χ0v) is 15.1. The van der Waals surface area contributed by atoms with Gasteiger partial charge in [-0.3, -0.25) is 9.36 Å². The van der Waals surface area contributed by atoms with Crippen molar-refractivity contribution in [1.29, 1.82) is 0 Å². The highest BCUT2D eigenvalue weighted by Crippen LogP contribution is 2.52. The highest BCUT2D eigenvalue weighted by Gasteiger charge is 2.48. The summed E-state index contributed by atoms with van der Waals surface area (Å²) in [5, 5.41) is 4.34. The van der Waals surface area contributed by atoms with Crippen LogP contribution in [0.4, 0.5) is 8.78 Å². The maximum Gasteiger partial charge on any atom is 0.263 e. The quantitative estimate of drug-likeness (QED) is 0.528. The van der Waals surface area contributed by atoms with Gasteiger partial charge in [0.1, 0.15) is 24.4 Å². The maximum atomic E-state index is 15.0. The molecule has 1 aliphatic carbocycles. The van der Waals surface area contributed by atoms with Crippen LogP contribution in [0, 0.1) is 5.82 Å². The highest BCUT2D eigenvalue weighted by molar-refractivity contribution is 5.72. The van der Waals surface area contributed by atoms with E-state index in [1.165, 1.54) is 35.2 Å². The van der Waals surface area contributed by atoms with Crippen LogP contribution in [0.3, 0.4) is 0 Å². The first kappa shape index (κ1) is 17.6. The molecule has 0 radical (unpaired) electrons. The molecule has 7 nitrogen and oxygen atoms in total. The van der Waals surface area contributed by atoms with Crippen LogP contribution in [0.15, 0.2) is 58.2 Å². The number of fused-ring (bicyclic) bond motifs is 1. The summed E-state index contributed by atoms with van der Waals surface area (Å²) < 4.78 is 34.6.